The van der Waals surface area contributed by atoms with Gasteiger partial charge >= 0.3 is 0 Å². The third kappa shape index (κ3) is 4.28. The Balaban J connectivity index is 1.34. The van der Waals surface area contributed by atoms with Crippen LogP contribution in [-0.2, 0) is 11.3 Å². The molecular formula is C22H29N5O. The number of nitrogens with one attached hydrogen (secondary N) is 2. The number of aryl methyl sites for hydroxylation is 1. The molecule has 1 aliphatic heterocycles. The van der Waals surface area contributed by atoms with E-state index in [4.69, 9.17) is 0 Å². The third-order valence-corrected chi connectivity index (χ3v) is 5.59. The standard InChI is InChI=1S/C22H29N5O/c1-2-27-14-10-17-8-9-18(15-20(17)27)19-16-21(25-24-19)23-22(28)7-6-13-26-11-4-3-5-12-26/h8-10,14-16H,2-7,11-13H2,1H3,(H2,23,24,25,28). The highest BCUT2D eigenvalue weighted by Crippen LogP contribution is 2.25. The summed E-state index contributed by atoms with van der Waals surface area (Å²) in [4.78, 5) is 14.7. The Morgan fingerprint density at radius 1 is 1.18 bits per heavy atom. The summed E-state index contributed by atoms with van der Waals surface area (Å²) in [7, 11) is 0. The van der Waals surface area contributed by atoms with Crippen LogP contribution in [-0.4, -0.2) is 45.2 Å². The van der Waals surface area contributed by atoms with Crippen LogP contribution in [0.15, 0.2) is 36.5 Å². The smallest absolute Gasteiger partial charge is 0.225 e. The molecule has 148 valence electrons. The van der Waals surface area contributed by atoms with Crippen LogP contribution in [0.2, 0.25) is 0 Å². The minimum atomic E-state index is 0.0440. The molecule has 0 atom stereocenters. The molecule has 4 rings (SSSR count). The molecule has 1 aromatic carbocycles. The van der Waals surface area contributed by atoms with Crippen molar-refractivity contribution in [1.29, 1.82) is 0 Å². The van der Waals surface area contributed by atoms with Crippen molar-refractivity contribution in [3.8, 4) is 11.3 Å². The minimum Gasteiger partial charge on any atom is -0.348 e. The molecule has 6 nitrogen and oxygen atoms in total. The number of hydrogen-bond acceptors (Lipinski definition) is 3. The van der Waals surface area contributed by atoms with Crippen LogP contribution in [0, 0.1) is 0 Å². The number of anilines is 1. The first-order valence-electron chi connectivity index (χ1n) is 10.4. The monoisotopic (exact) mass is 379 g/mol. The van der Waals surface area contributed by atoms with Crippen molar-refractivity contribution < 1.29 is 4.79 Å². The van der Waals surface area contributed by atoms with Gasteiger partial charge in [0.15, 0.2) is 0 Å². The van der Waals surface area contributed by atoms with Crippen LogP contribution in [0.25, 0.3) is 22.2 Å². The fourth-order valence-corrected chi connectivity index (χ4v) is 4.01. The molecule has 0 bridgehead atoms. The quantitative estimate of drug-likeness (QED) is 0.645. The maximum atomic E-state index is 12.2. The van der Waals surface area contributed by atoms with E-state index in [1.807, 2.05) is 6.07 Å². The average Bonchev–Trinajstić information content (AvgIpc) is 3.35. The summed E-state index contributed by atoms with van der Waals surface area (Å²) in [6.45, 7) is 6.44. The molecular weight excluding hydrogens is 350 g/mol. The zero-order chi connectivity index (χ0) is 19.3. The molecule has 0 spiro atoms. The van der Waals surface area contributed by atoms with E-state index in [9.17, 15) is 4.79 Å². The Morgan fingerprint density at radius 2 is 2.04 bits per heavy atom. The SMILES string of the molecule is CCn1ccc2ccc(-c3cc(NC(=O)CCCN4CCCCC4)[nH]n3)cc21. The van der Waals surface area contributed by atoms with Crippen molar-refractivity contribution in [2.45, 2.75) is 45.6 Å². The Hall–Kier alpha value is -2.60. The molecule has 0 aliphatic carbocycles. The van der Waals surface area contributed by atoms with Gasteiger partial charge in [-0.15, -0.1) is 0 Å². The lowest BCUT2D eigenvalue weighted by molar-refractivity contribution is -0.116. The van der Waals surface area contributed by atoms with Crippen LogP contribution in [0.3, 0.4) is 0 Å². The van der Waals surface area contributed by atoms with Crippen molar-refractivity contribution >= 4 is 22.6 Å². The number of likely N-dealkylation sites (tertiary alicyclic amines) is 1. The fourth-order valence-electron chi connectivity index (χ4n) is 4.01. The lowest BCUT2D eigenvalue weighted by atomic mass is 10.1. The van der Waals surface area contributed by atoms with Crippen molar-refractivity contribution in [3.63, 3.8) is 0 Å². The van der Waals surface area contributed by atoms with Gasteiger partial charge in [0.25, 0.3) is 0 Å². The third-order valence-electron chi connectivity index (χ3n) is 5.59. The highest BCUT2D eigenvalue weighted by Gasteiger charge is 2.12. The number of carbonyl (C=O) groups excluding carboxylic acids is 1. The first-order chi connectivity index (χ1) is 13.7. The van der Waals surface area contributed by atoms with E-state index in [0.717, 1.165) is 30.8 Å². The number of nitrogens with zero attached hydrogens (tertiary/aromatic N) is 3. The number of aromatic amines is 1. The molecule has 6 heteroatoms. The largest absolute Gasteiger partial charge is 0.348 e. The van der Waals surface area contributed by atoms with Crippen LogP contribution in [0.1, 0.15) is 39.0 Å². The maximum Gasteiger partial charge on any atom is 0.225 e. The van der Waals surface area contributed by atoms with E-state index in [1.54, 1.807) is 0 Å². The van der Waals surface area contributed by atoms with Crippen LogP contribution >= 0.6 is 0 Å². The number of piperidine rings is 1. The van der Waals surface area contributed by atoms with Crippen molar-refractivity contribution in [2.24, 2.45) is 0 Å². The van der Waals surface area contributed by atoms with Gasteiger partial charge in [-0.25, -0.2) is 0 Å². The number of hydrogen-bond donors (Lipinski definition) is 2. The second-order valence-electron chi connectivity index (χ2n) is 7.60. The molecule has 0 radical (unpaired) electrons. The molecule has 1 amide bonds. The summed E-state index contributed by atoms with van der Waals surface area (Å²) in [5.74, 6) is 0.700. The highest BCUT2D eigenvalue weighted by atomic mass is 16.1. The molecule has 1 aliphatic rings. The summed E-state index contributed by atoms with van der Waals surface area (Å²) < 4.78 is 2.22. The molecule has 3 heterocycles. The van der Waals surface area contributed by atoms with Crippen molar-refractivity contribution in [2.75, 3.05) is 25.0 Å². The zero-order valence-electron chi connectivity index (χ0n) is 16.6. The molecule has 28 heavy (non-hydrogen) atoms. The molecule has 2 aromatic heterocycles. The Bertz CT molecular complexity index is 935. The van der Waals surface area contributed by atoms with Gasteiger partial charge in [-0.1, -0.05) is 18.6 Å². The van der Waals surface area contributed by atoms with Gasteiger partial charge in [0.1, 0.15) is 5.82 Å². The van der Waals surface area contributed by atoms with Gasteiger partial charge in [-0.3, -0.25) is 9.89 Å². The molecule has 2 N–H and O–H groups in total. The summed E-state index contributed by atoms with van der Waals surface area (Å²) in [5, 5.41) is 11.5. The van der Waals surface area contributed by atoms with Gasteiger partial charge in [-0.2, -0.15) is 5.10 Å². The van der Waals surface area contributed by atoms with Gasteiger partial charge in [-0.05, 0) is 63.3 Å². The van der Waals surface area contributed by atoms with Crippen molar-refractivity contribution in [1.82, 2.24) is 19.7 Å². The van der Waals surface area contributed by atoms with E-state index in [1.165, 1.54) is 43.3 Å². The minimum absolute atomic E-state index is 0.0440. The van der Waals surface area contributed by atoms with Gasteiger partial charge in [0.2, 0.25) is 5.91 Å². The Labute approximate surface area is 165 Å². The number of aromatic nitrogens is 3. The van der Waals surface area contributed by atoms with Gasteiger partial charge in [0, 0.05) is 36.3 Å². The van der Waals surface area contributed by atoms with E-state index in [0.29, 0.717) is 12.2 Å². The van der Waals surface area contributed by atoms with Crippen LogP contribution in [0.5, 0.6) is 0 Å². The second kappa shape index (κ2) is 8.61. The molecule has 1 fully saturated rings. The van der Waals surface area contributed by atoms with Gasteiger partial charge in [0.05, 0.1) is 5.69 Å². The van der Waals surface area contributed by atoms with Crippen molar-refractivity contribution in [3.05, 3.63) is 36.5 Å². The number of H-pyrrole nitrogens is 1. The highest BCUT2D eigenvalue weighted by molar-refractivity contribution is 5.90. The van der Waals surface area contributed by atoms with E-state index in [2.05, 4.69) is 62.4 Å². The zero-order valence-corrected chi connectivity index (χ0v) is 16.6. The number of amides is 1. The number of benzene rings is 1. The maximum absolute atomic E-state index is 12.2. The lowest BCUT2D eigenvalue weighted by Crippen LogP contribution is -2.31. The number of fused-ring (bicyclic) bond motifs is 1. The second-order valence-corrected chi connectivity index (χ2v) is 7.60. The number of rotatable bonds is 7. The molecule has 3 aromatic rings. The summed E-state index contributed by atoms with van der Waals surface area (Å²) >= 11 is 0. The molecule has 1 saturated heterocycles. The van der Waals surface area contributed by atoms with E-state index in [-0.39, 0.29) is 5.91 Å². The van der Waals surface area contributed by atoms with Crippen LogP contribution in [0.4, 0.5) is 5.82 Å². The Kier molecular flexibility index (Phi) is 5.76. The number of carbonyl (C=O) groups is 1. The summed E-state index contributed by atoms with van der Waals surface area (Å²) in [6.07, 6.45) is 7.47. The first kappa shape index (κ1) is 18.7. The van der Waals surface area contributed by atoms with E-state index < -0.39 is 0 Å². The van der Waals surface area contributed by atoms with Gasteiger partial charge < -0.3 is 14.8 Å². The first-order valence-corrected chi connectivity index (χ1v) is 10.4. The van der Waals surface area contributed by atoms with Crippen LogP contribution < -0.4 is 5.32 Å². The van der Waals surface area contributed by atoms with E-state index >= 15 is 0 Å². The molecule has 0 saturated carbocycles. The normalized spacial score (nSPS) is 15.2. The lowest BCUT2D eigenvalue weighted by Gasteiger charge is -2.26. The summed E-state index contributed by atoms with van der Waals surface area (Å²) in [6, 6.07) is 10.4. The Morgan fingerprint density at radius 3 is 2.86 bits per heavy atom. The topological polar surface area (TPSA) is 66.0 Å². The predicted octanol–water partition coefficient (Wildman–Crippen LogP) is 4.26. The molecule has 0 unspecified atom stereocenters. The fraction of sp³-hybridized carbons (Fsp3) is 0.455. The average molecular weight is 380 g/mol. The predicted molar refractivity (Wildman–Crippen MR) is 113 cm³/mol. The summed E-state index contributed by atoms with van der Waals surface area (Å²) in [5.41, 5.74) is 3.09.